The largest absolute Gasteiger partial charge is 0.337 e. The van der Waals surface area contributed by atoms with Crippen molar-refractivity contribution in [3.8, 4) is 17.3 Å². The number of nitrogens with zero attached hydrogens (tertiary/aromatic N) is 5. The van der Waals surface area contributed by atoms with Gasteiger partial charge in [-0.05, 0) is 45.2 Å². The van der Waals surface area contributed by atoms with Crippen LogP contribution in [-0.2, 0) is 21.5 Å². The lowest BCUT2D eigenvalue weighted by molar-refractivity contribution is -0.130. The van der Waals surface area contributed by atoms with Gasteiger partial charge in [-0.3, -0.25) is 14.3 Å². The highest BCUT2D eigenvalue weighted by Crippen LogP contribution is 2.18. The molecule has 32 heavy (non-hydrogen) atoms. The molecule has 1 saturated heterocycles. The lowest BCUT2D eigenvalue weighted by Gasteiger charge is -2.28. The molecule has 2 N–H and O–H groups in total. The number of rotatable bonds is 7. The molecule has 1 atom stereocenters. The zero-order valence-corrected chi connectivity index (χ0v) is 19.4. The molecule has 1 aliphatic heterocycles. The number of hydrogen-bond acceptors (Lipinski definition) is 7. The van der Waals surface area contributed by atoms with Crippen LogP contribution in [0.15, 0.2) is 37.1 Å². The quantitative estimate of drug-likeness (QED) is 0.593. The summed E-state index contributed by atoms with van der Waals surface area (Å²) in [4.78, 5) is 22.6. The van der Waals surface area contributed by atoms with E-state index in [2.05, 4.69) is 39.8 Å². The van der Waals surface area contributed by atoms with Crippen LogP contribution in [0.5, 0.6) is 0 Å². The maximum Gasteiger partial charge on any atom is 0.261 e. The highest BCUT2D eigenvalue weighted by atomic mass is 32.2. The Hall–Kier alpha value is -2.81. The van der Waals surface area contributed by atoms with Crippen LogP contribution in [-0.4, -0.2) is 69.2 Å². The van der Waals surface area contributed by atoms with Crippen LogP contribution in [0.25, 0.3) is 11.3 Å². The van der Waals surface area contributed by atoms with Gasteiger partial charge in [0.25, 0.3) is 10.1 Å². The van der Waals surface area contributed by atoms with Crippen LogP contribution in [0, 0.1) is 11.3 Å². The molecule has 1 amide bonds. The normalized spacial score (nSPS) is 16.2. The SMILES string of the molecule is CC(C)(CCn1cnc(-c2cccnc2)c1)NCC(=O)N1CCCC1C#N.CS(=O)(=O)O. The Morgan fingerprint density at radius 1 is 1.44 bits per heavy atom. The predicted molar refractivity (Wildman–Crippen MR) is 120 cm³/mol. The van der Waals surface area contributed by atoms with Gasteiger partial charge in [0, 0.05) is 42.8 Å². The fourth-order valence-electron chi connectivity index (χ4n) is 3.26. The highest BCUT2D eigenvalue weighted by Gasteiger charge is 2.29. The van der Waals surface area contributed by atoms with E-state index in [0.717, 1.165) is 37.1 Å². The number of hydrogen-bond donors (Lipinski definition) is 2. The first kappa shape index (κ1) is 25.5. The molecule has 3 rings (SSSR count). The van der Waals surface area contributed by atoms with Gasteiger partial charge in [-0.25, -0.2) is 4.98 Å². The van der Waals surface area contributed by atoms with Gasteiger partial charge in [-0.15, -0.1) is 0 Å². The Bertz CT molecular complexity index is 1020. The summed E-state index contributed by atoms with van der Waals surface area (Å²) in [5.74, 6) is 0.00798. The van der Waals surface area contributed by atoms with E-state index in [9.17, 15) is 13.2 Å². The lowest BCUT2D eigenvalue weighted by Crippen LogP contribution is -2.47. The minimum atomic E-state index is -3.67. The molecule has 3 heterocycles. The lowest BCUT2D eigenvalue weighted by atomic mass is 10.0. The third kappa shape index (κ3) is 8.74. The van der Waals surface area contributed by atoms with E-state index in [1.807, 2.05) is 24.7 Å². The molecule has 1 unspecified atom stereocenters. The summed E-state index contributed by atoms with van der Waals surface area (Å²) in [7, 11) is -3.67. The number of carbonyl (C=O) groups excluding carboxylic acids is 1. The summed E-state index contributed by atoms with van der Waals surface area (Å²) in [6, 6.07) is 5.84. The predicted octanol–water partition coefficient (Wildman–Crippen LogP) is 1.72. The smallest absolute Gasteiger partial charge is 0.261 e. The van der Waals surface area contributed by atoms with E-state index in [1.165, 1.54) is 0 Å². The van der Waals surface area contributed by atoms with Crippen LogP contribution in [0.4, 0.5) is 0 Å². The molecule has 2 aromatic rings. The summed E-state index contributed by atoms with van der Waals surface area (Å²) in [5.41, 5.74) is 1.70. The topological polar surface area (TPSA) is 141 Å². The standard InChI is InChI=1S/C20H26N6O.CH4O3S/c1-20(2,24-13-19(27)26-9-4-6-17(26)11-21)7-10-25-14-18(23-15-25)16-5-3-8-22-12-16;1-5(2,3)4/h3,5,8,12,14-15,17,24H,4,6-7,9-10,13H2,1-2H3;1H3,(H,2,3,4). The van der Waals surface area contributed by atoms with E-state index >= 15 is 0 Å². The van der Waals surface area contributed by atoms with Crippen molar-refractivity contribution in [1.29, 1.82) is 5.26 Å². The van der Waals surface area contributed by atoms with Crippen LogP contribution in [0.1, 0.15) is 33.1 Å². The van der Waals surface area contributed by atoms with E-state index in [1.54, 1.807) is 17.3 Å². The van der Waals surface area contributed by atoms with Crippen LogP contribution < -0.4 is 5.32 Å². The molecule has 11 heteroatoms. The minimum Gasteiger partial charge on any atom is -0.337 e. The Balaban J connectivity index is 0.000000654. The molecule has 0 aromatic carbocycles. The molecule has 0 bridgehead atoms. The number of imidazole rings is 1. The highest BCUT2D eigenvalue weighted by molar-refractivity contribution is 7.85. The van der Waals surface area contributed by atoms with Crippen LogP contribution in [0.3, 0.4) is 0 Å². The average Bonchev–Trinajstić information content (AvgIpc) is 3.39. The average molecular weight is 463 g/mol. The first-order valence-corrected chi connectivity index (χ1v) is 12.1. The number of aromatic nitrogens is 3. The van der Waals surface area contributed by atoms with Crippen molar-refractivity contribution >= 4 is 16.0 Å². The van der Waals surface area contributed by atoms with Crippen molar-refractivity contribution in [2.75, 3.05) is 19.3 Å². The van der Waals surface area contributed by atoms with Gasteiger partial charge in [0.2, 0.25) is 5.91 Å². The molecule has 0 aliphatic carbocycles. The van der Waals surface area contributed by atoms with Gasteiger partial charge in [0.05, 0.1) is 30.9 Å². The van der Waals surface area contributed by atoms with Crippen molar-refractivity contribution in [2.45, 2.75) is 51.2 Å². The second-order valence-electron chi connectivity index (χ2n) is 8.33. The summed E-state index contributed by atoms with van der Waals surface area (Å²) < 4.78 is 27.9. The first-order chi connectivity index (χ1) is 15.0. The van der Waals surface area contributed by atoms with Crippen LogP contribution >= 0.6 is 0 Å². The molecule has 1 fully saturated rings. The van der Waals surface area contributed by atoms with Gasteiger partial charge >= 0.3 is 0 Å². The van der Waals surface area contributed by atoms with Crippen LogP contribution in [0.2, 0.25) is 0 Å². The van der Waals surface area contributed by atoms with E-state index in [0.29, 0.717) is 12.8 Å². The summed E-state index contributed by atoms with van der Waals surface area (Å²) >= 11 is 0. The van der Waals surface area contributed by atoms with Crippen molar-refractivity contribution < 1.29 is 17.8 Å². The first-order valence-electron chi connectivity index (χ1n) is 10.3. The third-order valence-electron chi connectivity index (χ3n) is 5.03. The number of likely N-dealkylation sites (tertiary alicyclic amines) is 1. The number of carbonyl (C=O) groups is 1. The van der Waals surface area contributed by atoms with E-state index < -0.39 is 10.1 Å². The molecule has 0 spiro atoms. The van der Waals surface area contributed by atoms with Gasteiger partial charge in [-0.2, -0.15) is 13.7 Å². The Labute approximate surface area is 189 Å². The van der Waals surface area contributed by atoms with Crippen molar-refractivity contribution in [3.05, 3.63) is 37.1 Å². The Morgan fingerprint density at radius 2 is 2.16 bits per heavy atom. The zero-order valence-electron chi connectivity index (χ0n) is 18.6. The molecule has 0 radical (unpaired) electrons. The molecule has 10 nitrogen and oxygen atoms in total. The van der Waals surface area contributed by atoms with Crippen molar-refractivity contribution in [1.82, 2.24) is 24.8 Å². The number of nitrogens with one attached hydrogen (secondary N) is 1. The van der Waals surface area contributed by atoms with Gasteiger partial charge < -0.3 is 14.8 Å². The molecular formula is C21H30N6O4S. The summed E-state index contributed by atoms with van der Waals surface area (Å²) in [5, 5.41) is 12.5. The molecule has 1 aliphatic rings. The second-order valence-corrected chi connectivity index (χ2v) is 9.80. The monoisotopic (exact) mass is 462 g/mol. The molecule has 0 saturated carbocycles. The number of amides is 1. The number of nitriles is 1. The summed E-state index contributed by atoms with van der Waals surface area (Å²) in [6.45, 7) is 5.92. The fourth-order valence-corrected chi connectivity index (χ4v) is 3.26. The summed E-state index contributed by atoms with van der Waals surface area (Å²) in [6.07, 6.45) is 10.6. The third-order valence-corrected chi connectivity index (χ3v) is 5.03. The number of aryl methyl sites for hydroxylation is 1. The Kier molecular flexibility index (Phi) is 8.89. The minimum absolute atomic E-state index is 0.00798. The van der Waals surface area contributed by atoms with Gasteiger partial charge in [0.1, 0.15) is 6.04 Å². The fraction of sp³-hybridized carbons (Fsp3) is 0.524. The maximum atomic E-state index is 12.4. The van der Waals surface area contributed by atoms with Crippen molar-refractivity contribution in [3.63, 3.8) is 0 Å². The molecule has 2 aromatic heterocycles. The van der Waals surface area contributed by atoms with Crippen molar-refractivity contribution in [2.24, 2.45) is 0 Å². The molecular weight excluding hydrogens is 432 g/mol. The molecule has 174 valence electrons. The van der Waals surface area contributed by atoms with Gasteiger partial charge in [0.15, 0.2) is 0 Å². The Morgan fingerprint density at radius 3 is 2.78 bits per heavy atom. The second kappa shape index (κ2) is 11.2. The maximum absolute atomic E-state index is 12.4. The van der Waals surface area contributed by atoms with E-state index in [-0.39, 0.29) is 24.0 Å². The number of pyridine rings is 1. The zero-order chi connectivity index (χ0) is 23.8. The van der Waals surface area contributed by atoms with Gasteiger partial charge in [-0.1, -0.05) is 0 Å². The van der Waals surface area contributed by atoms with E-state index in [4.69, 9.17) is 9.81 Å².